The lowest BCUT2D eigenvalue weighted by molar-refractivity contribution is -0.148. The predicted molar refractivity (Wildman–Crippen MR) is 108 cm³/mol. The maximum atomic E-state index is 12.6. The van der Waals surface area contributed by atoms with Crippen molar-refractivity contribution in [2.75, 3.05) is 0 Å². The summed E-state index contributed by atoms with van der Waals surface area (Å²) in [4.78, 5) is 29.0. The third kappa shape index (κ3) is 5.19. The Morgan fingerprint density at radius 3 is 2.54 bits per heavy atom. The number of rotatable bonds is 8. The number of benzene rings is 2. The van der Waals surface area contributed by atoms with Crippen LogP contribution < -0.4 is 5.32 Å². The molecule has 28 heavy (non-hydrogen) atoms. The van der Waals surface area contributed by atoms with Crippen LogP contribution in [0.15, 0.2) is 60.9 Å². The second-order valence-electron chi connectivity index (χ2n) is 6.95. The quantitative estimate of drug-likeness (QED) is 0.607. The number of para-hydroxylation sites is 2. The second kappa shape index (κ2) is 9.17. The topological polar surface area (TPSA) is 73.2 Å². The average Bonchev–Trinajstić information content (AvgIpc) is 3.09. The van der Waals surface area contributed by atoms with E-state index in [1.807, 2.05) is 73.0 Å². The SMILES string of the molecule is CC(C)OC(=O)C[C@@H](NC(=O)CCn1cnc2ccccc21)c1ccccc1. The molecule has 3 rings (SSSR count). The van der Waals surface area contributed by atoms with Crippen LogP contribution in [0.25, 0.3) is 11.0 Å². The summed E-state index contributed by atoms with van der Waals surface area (Å²) in [6, 6.07) is 16.9. The van der Waals surface area contributed by atoms with Gasteiger partial charge in [-0.15, -0.1) is 0 Å². The molecule has 1 heterocycles. The van der Waals surface area contributed by atoms with Crippen LogP contribution in [-0.2, 0) is 20.9 Å². The number of hydrogen-bond donors (Lipinski definition) is 1. The number of carbonyl (C=O) groups excluding carboxylic acids is 2. The van der Waals surface area contributed by atoms with Crippen LogP contribution in [0.5, 0.6) is 0 Å². The number of ether oxygens (including phenoxy) is 1. The van der Waals surface area contributed by atoms with Crippen molar-refractivity contribution in [2.45, 2.75) is 45.4 Å². The molecule has 0 aliphatic heterocycles. The lowest BCUT2D eigenvalue weighted by Crippen LogP contribution is -2.31. The van der Waals surface area contributed by atoms with E-state index in [-0.39, 0.29) is 24.4 Å². The average molecular weight is 379 g/mol. The number of fused-ring (bicyclic) bond motifs is 1. The molecule has 0 unspecified atom stereocenters. The van der Waals surface area contributed by atoms with Gasteiger partial charge < -0.3 is 14.6 Å². The number of nitrogens with one attached hydrogen (secondary N) is 1. The molecule has 1 amide bonds. The van der Waals surface area contributed by atoms with Gasteiger partial charge in [0.1, 0.15) is 0 Å². The molecule has 6 nitrogen and oxygen atoms in total. The van der Waals surface area contributed by atoms with Gasteiger partial charge in [0.05, 0.1) is 35.9 Å². The molecular formula is C22H25N3O3. The van der Waals surface area contributed by atoms with Crippen LogP contribution in [0.2, 0.25) is 0 Å². The fourth-order valence-corrected chi connectivity index (χ4v) is 3.09. The van der Waals surface area contributed by atoms with Crippen molar-refractivity contribution >= 4 is 22.9 Å². The number of nitrogens with zero attached hydrogens (tertiary/aromatic N) is 2. The van der Waals surface area contributed by atoms with Crippen molar-refractivity contribution in [1.29, 1.82) is 0 Å². The number of amides is 1. The minimum atomic E-state index is -0.417. The maximum absolute atomic E-state index is 12.6. The Bertz CT molecular complexity index is 934. The summed E-state index contributed by atoms with van der Waals surface area (Å²) < 4.78 is 7.21. The normalized spacial score (nSPS) is 12.1. The van der Waals surface area contributed by atoms with Crippen molar-refractivity contribution in [1.82, 2.24) is 14.9 Å². The molecule has 0 saturated carbocycles. The lowest BCUT2D eigenvalue weighted by atomic mass is 10.0. The van der Waals surface area contributed by atoms with Crippen LogP contribution in [0, 0.1) is 0 Å². The molecule has 0 bridgehead atoms. The minimum Gasteiger partial charge on any atom is -0.463 e. The third-order valence-electron chi connectivity index (χ3n) is 4.38. The predicted octanol–water partition coefficient (Wildman–Crippen LogP) is 3.63. The summed E-state index contributed by atoms with van der Waals surface area (Å²) in [5.74, 6) is -0.450. The van der Waals surface area contributed by atoms with Crippen molar-refractivity contribution in [3.63, 3.8) is 0 Å². The molecular weight excluding hydrogens is 354 g/mol. The molecule has 0 spiro atoms. The highest BCUT2D eigenvalue weighted by Gasteiger charge is 2.20. The molecule has 3 aromatic rings. The molecule has 1 aromatic heterocycles. The zero-order valence-corrected chi connectivity index (χ0v) is 16.2. The first-order valence-corrected chi connectivity index (χ1v) is 9.46. The first-order valence-electron chi connectivity index (χ1n) is 9.46. The highest BCUT2D eigenvalue weighted by atomic mass is 16.5. The van der Waals surface area contributed by atoms with E-state index in [2.05, 4.69) is 10.3 Å². The van der Waals surface area contributed by atoms with Gasteiger partial charge in [-0.2, -0.15) is 0 Å². The number of aromatic nitrogens is 2. The van der Waals surface area contributed by atoms with E-state index in [1.165, 1.54) is 0 Å². The van der Waals surface area contributed by atoms with Gasteiger partial charge in [0.25, 0.3) is 0 Å². The summed E-state index contributed by atoms with van der Waals surface area (Å²) in [5.41, 5.74) is 2.78. The summed E-state index contributed by atoms with van der Waals surface area (Å²) >= 11 is 0. The molecule has 6 heteroatoms. The molecule has 0 saturated heterocycles. The second-order valence-corrected chi connectivity index (χ2v) is 6.95. The van der Waals surface area contributed by atoms with Crippen LogP contribution in [0.3, 0.4) is 0 Å². The molecule has 0 fully saturated rings. The van der Waals surface area contributed by atoms with E-state index in [0.717, 1.165) is 16.6 Å². The van der Waals surface area contributed by atoms with Crippen LogP contribution in [0.4, 0.5) is 0 Å². The van der Waals surface area contributed by atoms with E-state index in [0.29, 0.717) is 13.0 Å². The Hall–Kier alpha value is -3.15. The lowest BCUT2D eigenvalue weighted by Gasteiger charge is -2.19. The largest absolute Gasteiger partial charge is 0.463 e. The third-order valence-corrected chi connectivity index (χ3v) is 4.38. The van der Waals surface area contributed by atoms with Gasteiger partial charge in [-0.05, 0) is 31.5 Å². The van der Waals surface area contributed by atoms with Crippen molar-refractivity contribution in [2.24, 2.45) is 0 Å². The Balaban J connectivity index is 1.64. The summed E-state index contributed by atoms with van der Waals surface area (Å²) in [6.45, 7) is 4.14. The Morgan fingerprint density at radius 1 is 1.07 bits per heavy atom. The van der Waals surface area contributed by atoms with E-state index < -0.39 is 6.04 Å². The summed E-state index contributed by atoms with van der Waals surface area (Å²) in [7, 11) is 0. The molecule has 0 radical (unpaired) electrons. The van der Waals surface area contributed by atoms with Crippen LogP contribution in [-0.4, -0.2) is 27.5 Å². The molecule has 2 aromatic carbocycles. The van der Waals surface area contributed by atoms with E-state index in [1.54, 1.807) is 6.33 Å². The molecule has 146 valence electrons. The van der Waals surface area contributed by atoms with Gasteiger partial charge in [-0.3, -0.25) is 9.59 Å². The number of imidazole rings is 1. The van der Waals surface area contributed by atoms with Crippen molar-refractivity contribution in [3.8, 4) is 0 Å². The smallest absolute Gasteiger partial charge is 0.308 e. The van der Waals surface area contributed by atoms with Gasteiger partial charge in [-0.25, -0.2) is 4.98 Å². The molecule has 1 atom stereocenters. The summed E-state index contributed by atoms with van der Waals surface area (Å²) in [6.07, 6.45) is 1.95. The van der Waals surface area contributed by atoms with Crippen LogP contribution in [0.1, 0.15) is 38.3 Å². The summed E-state index contributed by atoms with van der Waals surface area (Å²) in [5, 5.41) is 2.97. The fraction of sp³-hybridized carbons (Fsp3) is 0.318. The van der Waals surface area contributed by atoms with E-state index >= 15 is 0 Å². The number of hydrogen-bond acceptors (Lipinski definition) is 4. The minimum absolute atomic E-state index is 0.0991. The number of esters is 1. The highest BCUT2D eigenvalue weighted by molar-refractivity contribution is 5.79. The molecule has 0 aliphatic rings. The Labute approximate surface area is 164 Å². The van der Waals surface area contributed by atoms with Gasteiger partial charge in [0, 0.05) is 13.0 Å². The van der Waals surface area contributed by atoms with Gasteiger partial charge >= 0.3 is 5.97 Å². The van der Waals surface area contributed by atoms with E-state index in [9.17, 15) is 9.59 Å². The van der Waals surface area contributed by atoms with Gasteiger partial charge in [-0.1, -0.05) is 42.5 Å². The maximum Gasteiger partial charge on any atom is 0.308 e. The molecule has 0 aliphatic carbocycles. The first kappa shape index (κ1) is 19.6. The van der Waals surface area contributed by atoms with Gasteiger partial charge in [0.15, 0.2) is 0 Å². The zero-order chi connectivity index (χ0) is 19.9. The van der Waals surface area contributed by atoms with Crippen LogP contribution >= 0.6 is 0 Å². The number of aryl methyl sites for hydroxylation is 1. The zero-order valence-electron chi connectivity index (χ0n) is 16.2. The first-order chi connectivity index (χ1) is 13.5. The van der Waals surface area contributed by atoms with Crippen molar-refractivity contribution < 1.29 is 14.3 Å². The monoisotopic (exact) mass is 379 g/mol. The standard InChI is InChI=1S/C22H25N3O3/c1-16(2)28-22(27)14-19(17-8-4-3-5-9-17)24-21(26)12-13-25-15-23-18-10-6-7-11-20(18)25/h3-11,15-16,19H,12-14H2,1-2H3,(H,24,26)/t19-/m1/s1. The van der Waals surface area contributed by atoms with E-state index in [4.69, 9.17) is 4.74 Å². The van der Waals surface area contributed by atoms with Gasteiger partial charge in [0.2, 0.25) is 5.91 Å². The Kier molecular flexibility index (Phi) is 6.42. The highest BCUT2D eigenvalue weighted by Crippen LogP contribution is 2.18. The fourth-order valence-electron chi connectivity index (χ4n) is 3.09. The molecule has 1 N–H and O–H groups in total. The van der Waals surface area contributed by atoms with Crippen molar-refractivity contribution in [3.05, 3.63) is 66.5 Å². The number of carbonyl (C=O) groups is 2. The Morgan fingerprint density at radius 2 is 1.79 bits per heavy atom.